The van der Waals surface area contributed by atoms with Crippen LogP contribution >= 0.6 is 0 Å². The predicted molar refractivity (Wildman–Crippen MR) is 181 cm³/mol. The Morgan fingerprint density at radius 1 is 0.915 bits per heavy atom. The van der Waals surface area contributed by atoms with Gasteiger partial charge in [0, 0.05) is 6.54 Å². The van der Waals surface area contributed by atoms with E-state index in [0.29, 0.717) is 54.9 Å². The number of rotatable bonds is 24. The number of carboxylic acids is 3. The molecule has 1 rings (SSSR count). The molecule has 47 heavy (non-hydrogen) atoms. The summed E-state index contributed by atoms with van der Waals surface area (Å²) in [6.07, 6.45) is 7.69. The molecule has 0 bridgehead atoms. The molecule has 0 aliphatic carbocycles. The molecule has 0 unspecified atom stereocenters. The van der Waals surface area contributed by atoms with Crippen molar-refractivity contribution in [3.05, 3.63) is 70.8 Å². The first-order valence-corrected chi connectivity index (χ1v) is 16.2. The molecule has 0 heterocycles. The topological polar surface area (TPSA) is 160 Å². The normalized spacial score (nSPS) is 12.4. The molecule has 0 saturated carbocycles. The van der Waals surface area contributed by atoms with Crippen molar-refractivity contribution in [3.63, 3.8) is 0 Å². The van der Waals surface area contributed by atoms with Crippen molar-refractivity contribution < 1.29 is 49.5 Å². The Hall–Kier alpha value is -3.73. The number of hydrogen-bond acceptors (Lipinski definition) is 7. The van der Waals surface area contributed by atoms with Crippen molar-refractivity contribution >= 4 is 34.1 Å². The van der Waals surface area contributed by atoms with Crippen LogP contribution in [0.15, 0.2) is 59.1 Å². The van der Waals surface area contributed by atoms with Crippen LogP contribution in [0.5, 0.6) is 0 Å². The number of aryl methyl sites for hydroxylation is 1. The zero-order chi connectivity index (χ0) is 35.4. The minimum atomic E-state index is -0.976. The number of nitrogens with zero attached hydrogens (tertiary/aromatic N) is 3. The van der Waals surface area contributed by atoms with Gasteiger partial charge in [0.15, 0.2) is 0 Å². The Morgan fingerprint density at radius 3 is 2.19 bits per heavy atom. The molecule has 0 aromatic heterocycles. The number of hydrogen-bond donors (Lipinski definition) is 4. The SMILES string of the molecule is C=CC(C)=N[C](=[Ni])c1cc(C)cc(CNC(=O)CN(CC/C=C(/C)CC(=O)O)CCN(CC/C(=C\CC(=O)O)CCC)CC(=O)O)c1. The quantitative estimate of drug-likeness (QED) is 0.0699. The van der Waals surface area contributed by atoms with Crippen LogP contribution in [0.2, 0.25) is 0 Å². The third-order valence-corrected chi connectivity index (χ3v) is 7.52. The summed E-state index contributed by atoms with van der Waals surface area (Å²) in [6.45, 7) is 13.1. The second-order valence-electron chi connectivity index (χ2n) is 11.5. The van der Waals surface area contributed by atoms with E-state index in [0.717, 1.165) is 35.1 Å². The van der Waals surface area contributed by atoms with Gasteiger partial charge in [-0.25, -0.2) is 0 Å². The molecule has 0 fully saturated rings. The summed E-state index contributed by atoms with van der Waals surface area (Å²) in [7, 11) is 0. The standard InChI is InChI=1S/C35H50N4O7.Ni/c1-6-9-29(11-12-33(41)42)13-15-39(25-35(45)46)17-16-38(14-8-10-26(3)20-34(43)44)24-32(40)37-23-31-19-27(4)18-30(21-31)22-36-28(5)7-2;/h7,10-11,18-19,21H,2,6,8-9,12-17,20,23-25H2,1,3-5H3,(H,37,40)(H,41,42)(H,43,44)(H,45,46);/b26-10-,29-11-;. The molecule has 1 aromatic carbocycles. The van der Waals surface area contributed by atoms with E-state index in [1.165, 1.54) is 0 Å². The Kier molecular flexibility index (Phi) is 20.0. The molecule has 0 radical (unpaired) electrons. The van der Waals surface area contributed by atoms with Gasteiger partial charge in [-0.05, 0) is 19.8 Å². The third-order valence-electron chi connectivity index (χ3n) is 7.12. The zero-order valence-corrected chi connectivity index (χ0v) is 29.0. The number of amides is 1. The molecule has 0 spiro atoms. The first-order valence-electron chi connectivity index (χ1n) is 15.7. The predicted octanol–water partition coefficient (Wildman–Crippen LogP) is 4.37. The molecule has 11 nitrogen and oxygen atoms in total. The molecule has 0 aliphatic heterocycles. The third kappa shape index (κ3) is 19.5. The van der Waals surface area contributed by atoms with Gasteiger partial charge in [0.05, 0.1) is 19.4 Å². The van der Waals surface area contributed by atoms with E-state index >= 15 is 0 Å². The van der Waals surface area contributed by atoms with Crippen LogP contribution < -0.4 is 5.32 Å². The molecular formula is C35H50N4NiO7. The fourth-order valence-corrected chi connectivity index (χ4v) is 5.11. The van der Waals surface area contributed by atoms with Gasteiger partial charge in [-0.1, -0.05) is 30.6 Å². The average Bonchev–Trinajstić information content (AvgIpc) is 2.98. The fraction of sp³-hybridized carbons (Fsp3) is 0.486. The van der Waals surface area contributed by atoms with Crippen molar-refractivity contribution in [2.24, 2.45) is 4.99 Å². The molecule has 1 amide bonds. The van der Waals surface area contributed by atoms with E-state index in [9.17, 15) is 24.3 Å². The number of allylic oxidation sites excluding steroid dienone is 1. The Morgan fingerprint density at radius 2 is 1.60 bits per heavy atom. The van der Waals surface area contributed by atoms with E-state index in [1.54, 1.807) is 24.0 Å². The Labute approximate surface area is 286 Å². The number of aliphatic carboxylic acids is 3. The van der Waals surface area contributed by atoms with E-state index in [-0.39, 0.29) is 38.4 Å². The van der Waals surface area contributed by atoms with Crippen molar-refractivity contribution in [1.82, 2.24) is 15.1 Å². The van der Waals surface area contributed by atoms with Gasteiger partial charge in [-0.15, -0.1) is 0 Å². The van der Waals surface area contributed by atoms with Gasteiger partial charge >= 0.3 is 181 Å². The first-order chi connectivity index (χ1) is 22.2. The Bertz CT molecular complexity index is 1350. The van der Waals surface area contributed by atoms with Crippen molar-refractivity contribution in [2.45, 2.75) is 72.8 Å². The molecule has 1 aromatic rings. The number of carboxylic acid groups (broad SMARTS) is 3. The van der Waals surface area contributed by atoms with Crippen molar-refractivity contribution in [1.29, 1.82) is 0 Å². The van der Waals surface area contributed by atoms with E-state index in [1.807, 2.05) is 49.9 Å². The number of aliphatic imine (C=N–C) groups is 1. The second-order valence-corrected chi connectivity index (χ2v) is 12.0. The van der Waals surface area contributed by atoms with Crippen LogP contribution in [0.1, 0.15) is 76.0 Å². The molecule has 0 atom stereocenters. The van der Waals surface area contributed by atoms with Crippen LogP contribution in [0.3, 0.4) is 0 Å². The molecule has 12 heteroatoms. The van der Waals surface area contributed by atoms with Gasteiger partial charge in [0.2, 0.25) is 0 Å². The van der Waals surface area contributed by atoms with Gasteiger partial charge < -0.3 is 15.3 Å². The van der Waals surface area contributed by atoms with Crippen molar-refractivity contribution in [3.8, 4) is 0 Å². The monoisotopic (exact) mass is 696 g/mol. The average molecular weight is 697 g/mol. The molecular weight excluding hydrogens is 647 g/mol. The first kappa shape index (κ1) is 41.3. The number of benzene rings is 1. The number of carbonyl (C=O) groups is 4. The number of carbonyl (C=O) groups excluding carboxylic acids is 1. The maximum atomic E-state index is 13.1. The maximum absolute atomic E-state index is 13.1. The van der Waals surface area contributed by atoms with Crippen LogP contribution in [0.4, 0.5) is 0 Å². The summed E-state index contributed by atoms with van der Waals surface area (Å²) in [6, 6.07) is 5.82. The number of nitrogens with one attached hydrogen (secondary N) is 1. The molecule has 262 valence electrons. The van der Waals surface area contributed by atoms with Gasteiger partial charge in [0.25, 0.3) is 0 Å². The second kappa shape index (κ2) is 22.7. The summed E-state index contributed by atoms with van der Waals surface area (Å²) >= 11 is 5.11. The minimum absolute atomic E-state index is 0.0638. The van der Waals surface area contributed by atoms with Crippen molar-refractivity contribution in [2.75, 3.05) is 39.3 Å². The van der Waals surface area contributed by atoms with Crippen LogP contribution in [0, 0.1) is 6.92 Å². The van der Waals surface area contributed by atoms with Gasteiger partial charge in [-0.2, -0.15) is 0 Å². The molecule has 0 aliphatic rings. The molecule has 4 N–H and O–H groups in total. The van der Waals surface area contributed by atoms with E-state index < -0.39 is 17.9 Å². The summed E-state index contributed by atoms with van der Waals surface area (Å²) < 4.78 is 0.473. The summed E-state index contributed by atoms with van der Waals surface area (Å²) in [4.78, 5) is 55.0. The summed E-state index contributed by atoms with van der Waals surface area (Å²) in [5.74, 6) is -3.02. The van der Waals surface area contributed by atoms with Crippen LogP contribution in [-0.4, -0.2) is 98.5 Å². The van der Waals surface area contributed by atoms with E-state index in [2.05, 4.69) is 16.9 Å². The Balaban J connectivity index is 3.02. The van der Waals surface area contributed by atoms with Gasteiger partial charge in [-0.3, -0.25) is 14.4 Å². The van der Waals surface area contributed by atoms with Gasteiger partial charge in [0.1, 0.15) is 0 Å². The van der Waals surface area contributed by atoms with E-state index in [4.69, 9.17) is 25.2 Å². The zero-order valence-electron chi connectivity index (χ0n) is 28.0. The summed E-state index contributed by atoms with van der Waals surface area (Å²) in [5, 5.41) is 30.6. The summed E-state index contributed by atoms with van der Waals surface area (Å²) in [5.41, 5.74) is 5.06. The van der Waals surface area contributed by atoms with Crippen LogP contribution in [0.25, 0.3) is 0 Å². The fourth-order valence-electron chi connectivity index (χ4n) is 4.79. The molecule has 0 saturated heterocycles. The van der Waals surface area contributed by atoms with Crippen LogP contribution in [-0.2, 0) is 40.8 Å².